The normalized spacial score (nSPS) is 13.7. The van der Waals surface area contributed by atoms with Gasteiger partial charge in [0, 0.05) is 6.42 Å². The summed E-state index contributed by atoms with van der Waals surface area (Å²) < 4.78 is 0. The van der Waals surface area contributed by atoms with Crippen molar-refractivity contribution in [2.75, 3.05) is 0 Å². The lowest BCUT2D eigenvalue weighted by Crippen LogP contribution is -2.01. The molecule has 0 saturated carbocycles. The molecule has 1 unspecified atom stereocenters. The number of carbonyl (C=O) groups excluding carboxylic acids is 1. The van der Waals surface area contributed by atoms with Crippen molar-refractivity contribution in [2.45, 2.75) is 59.8 Å². The van der Waals surface area contributed by atoms with Gasteiger partial charge in [-0.3, -0.25) is 4.79 Å². The van der Waals surface area contributed by atoms with Gasteiger partial charge < -0.3 is 0 Å². The number of allylic oxidation sites excluding steroid dienone is 2. The Balaban J connectivity index is 3.93. The third-order valence-corrected chi connectivity index (χ3v) is 2.62. The van der Waals surface area contributed by atoms with E-state index in [0.717, 1.165) is 6.42 Å². The Bertz CT molecular complexity index is 192. The fourth-order valence-corrected chi connectivity index (χ4v) is 1.62. The molecule has 1 nitrogen and oxygen atoms in total. The highest BCUT2D eigenvalue weighted by Crippen LogP contribution is 2.14. The Labute approximate surface area is 95.0 Å². The Hall–Kier alpha value is -0.590. The van der Waals surface area contributed by atoms with E-state index in [1.54, 1.807) is 6.08 Å². The van der Waals surface area contributed by atoms with Crippen molar-refractivity contribution in [3.05, 3.63) is 12.2 Å². The van der Waals surface area contributed by atoms with Crippen LogP contribution in [-0.4, -0.2) is 5.78 Å². The van der Waals surface area contributed by atoms with Crippen molar-refractivity contribution in [1.29, 1.82) is 0 Å². The standard InChI is InChI=1S/C14H26O/c1-5-7-8-13(6-2)9-10-14(15)11-12(3)4/h9-10,12-13H,5-8,11H2,1-4H3. The first kappa shape index (κ1) is 14.4. The fraction of sp³-hybridized carbons (Fsp3) is 0.786. The van der Waals surface area contributed by atoms with Gasteiger partial charge in [0.2, 0.25) is 0 Å². The zero-order chi connectivity index (χ0) is 11.7. The lowest BCUT2D eigenvalue weighted by molar-refractivity contribution is -0.115. The van der Waals surface area contributed by atoms with E-state index in [1.807, 2.05) is 0 Å². The molecule has 1 atom stereocenters. The highest BCUT2D eigenvalue weighted by atomic mass is 16.1. The van der Waals surface area contributed by atoms with E-state index in [1.165, 1.54) is 19.3 Å². The largest absolute Gasteiger partial charge is 0.295 e. The van der Waals surface area contributed by atoms with Crippen molar-refractivity contribution < 1.29 is 4.79 Å². The highest BCUT2D eigenvalue weighted by Gasteiger charge is 2.04. The summed E-state index contributed by atoms with van der Waals surface area (Å²) in [5, 5.41) is 0. The molecule has 0 saturated heterocycles. The van der Waals surface area contributed by atoms with Crippen LogP contribution in [0.15, 0.2) is 12.2 Å². The van der Waals surface area contributed by atoms with Gasteiger partial charge in [-0.2, -0.15) is 0 Å². The minimum absolute atomic E-state index is 0.278. The van der Waals surface area contributed by atoms with Gasteiger partial charge in [0.1, 0.15) is 0 Å². The Morgan fingerprint density at radius 2 is 1.93 bits per heavy atom. The molecule has 0 fully saturated rings. The fourth-order valence-electron chi connectivity index (χ4n) is 1.62. The molecule has 0 aliphatic rings. The van der Waals surface area contributed by atoms with Crippen LogP contribution in [-0.2, 0) is 4.79 Å². The zero-order valence-electron chi connectivity index (χ0n) is 10.8. The van der Waals surface area contributed by atoms with Crippen molar-refractivity contribution in [2.24, 2.45) is 11.8 Å². The van der Waals surface area contributed by atoms with E-state index in [9.17, 15) is 4.79 Å². The second kappa shape index (κ2) is 8.70. The van der Waals surface area contributed by atoms with Crippen molar-refractivity contribution in [3.8, 4) is 0 Å². The summed E-state index contributed by atoms with van der Waals surface area (Å²) in [6.45, 7) is 8.57. The first-order valence-corrected chi connectivity index (χ1v) is 6.31. The van der Waals surface area contributed by atoms with E-state index in [4.69, 9.17) is 0 Å². The van der Waals surface area contributed by atoms with E-state index >= 15 is 0 Å². The summed E-state index contributed by atoms with van der Waals surface area (Å²) in [4.78, 5) is 11.5. The molecule has 0 rings (SSSR count). The summed E-state index contributed by atoms with van der Waals surface area (Å²) >= 11 is 0. The van der Waals surface area contributed by atoms with Gasteiger partial charge in [-0.25, -0.2) is 0 Å². The summed E-state index contributed by atoms with van der Waals surface area (Å²) in [5.74, 6) is 1.35. The van der Waals surface area contributed by atoms with Gasteiger partial charge in [0.15, 0.2) is 5.78 Å². The Morgan fingerprint density at radius 1 is 1.27 bits per heavy atom. The highest BCUT2D eigenvalue weighted by molar-refractivity contribution is 5.89. The third kappa shape index (κ3) is 8.41. The van der Waals surface area contributed by atoms with Crippen LogP contribution in [0.25, 0.3) is 0 Å². The van der Waals surface area contributed by atoms with Crippen LogP contribution in [0.4, 0.5) is 0 Å². The van der Waals surface area contributed by atoms with Gasteiger partial charge in [0.05, 0.1) is 0 Å². The minimum atomic E-state index is 0.278. The average Bonchev–Trinajstić information content (AvgIpc) is 2.17. The second-order valence-corrected chi connectivity index (χ2v) is 4.73. The lowest BCUT2D eigenvalue weighted by atomic mass is 9.97. The molecule has 0 aromatic heterocycles. The molecule has 0 bridgehead atoms. The summed E-state index contributed by atoms with van der Waals surface area (Å²) in [6.07, 6.45) is 9.46. The maximum atomic E-state index is 11.5. The second-order valence-electron chi connectivity index (χ2n) is 4.73. The maximum Gasteiger partial charge on any atom is 0.155 e. The molecule has 0 aliphatic heterocycles. The molecule has 0 aliphatic carbocycles. The lowest BCUT2D eigenvalue weighted by Gasteiger charge is -2.08. The van der Waals surface area contributed by atoms with Crippen molar-refractivity contribution >= 4 is 5.78 Å². The van der Waals surface area contributed by atoms with Crippen LogP contribution in [0.1, 0.15) is 59.8 Å². The monoisotopic (exact) mass is 210 g/mol. The zero-order valence-corrected chi connectivity index (χ0v) is 10.8. The van der Waals surface area contributed by atoms with E-state index in [2.05, 4.69) is 33.8 Å². The first-order chi connectivity index (χ1) is 7.10. The van der Waals surface area contributed by atoms with Gasteiger partial charge >= 0.3 is 0 Å². The number of unbranched alkanes of at least 4 members (excludes halogenated alkanes) is 1. The molecule has 0 amide bonds. The molecule has 0 radical (unpaired) electrons. The number of rotatable bonds is 8. The smallest absolute Gasteiger partial charge is 0.155 e. The average molecular weight is 210 g/mol. The van der Waals surface area contributed by atoms with Crippen molar-refractivity contribution in [1.82, 2.24) is 0 Å². The summed E-state index contributed by atoms with van der Waals surface area (Å²) in [5.41, 5.74) is 0. The molecule has 0 aromatic carbocycles. The third-order valence-electron chi connectivity index (χ3n) is 2.62. The molecular weight excluding hydrogens is 184 g/mol. The molecule has 88 valence electrons. The van der Waals surface area contributed by atoms with E-state index in [0.29, 0.717) is 18.3 Å². The SMILES string of the molecule is CCCCC(C=CC(=O)CC(C)C)CC. The van der Waals surface area contributed by atoms with Crippen LogP contribution >= 0.6 is 0 Å². The van der Waals surface area contributed by atoms with Crippen LogP contribution < -0.4 is 0 Å². The maximum absolute atomic E-state index is 11.5. The number of carbonyl (C=O) groups is 1. The number of hydrogen-bond acceptors (Lipinski definition) is 1. The molecule has 0 aromatic rings. The van der Waals surface area contributed by atoms with E-state index < -0.39 is 0 Å². The molecule has 0 heterocycles. The van der Waals surface area contributed by atoms with Crippen LogP contribution in [0, 0.1) is 11.8 Å². The van der Waals surface area contributed by atoms with Gasteiger partial charge in [0.25, 0.3) is 0 Å². The molecule has 0 N–H and O–H groups in total. The Morgan fingerprint density at radius 3 is 2.40 bits per heavy atom. The van der Waals surface area contributed by atoms with Gasteiger partial charge in [-0.1, -0.05) is 46.6 Å². The Kier molecular flexibility index (Phi) is 8.35. The number of ketones is 1. The van der Waals surface area contributed by atoms with Crippen LogP contribution in [0.5, 0.6) is 0 Å². The molecule has 0 spiro atoms. The van der Waals surface area contributed by atoms with Crippen molar-refractivity contribution in [3.63, 3.8) is 0 Å². The summed E-state index contributed by atoms with van der Waals surface area (Å²) in [6, 6.07) is 0. The van der Waals surface area contributed by atoms with Crippen LogP contribution in [0.3, 0.4) is 0 Å². The minimum Gasteiger partial charge on any atom is -0.295 e. The van der Waals surface area contributed by atoms with Crippen LogP contribution in [0.2, 0.25) is 0 Å². The van der Waals surface area contributed by atoms with Gasteiger partial charge in [-0.05, 0) is 30.8 Å². The first-order valence-electron chi connectivity index (χ1n) is 6.31. The predicted octanol–water partition coefficient (Wildman–Crippen LogP) is 4.37. The predicted molar refractivity (Wildman–Crippen MR) is 66.9 cm³/mol. The van der Waals surface area contributed by atoms with Gasteiger partial charge in [-0.15, -0.1) is 0 Å². The van der Waals surface area contributed by atoms with E-state index in [-0.39, 0.29) is 5.78 Å². The number of hydrogen-bond donors (Lipinski definition) is 0. The summed E-state index contributed by atoms with van der Waals surface area (Å²) in [7, 11) is 0. The molecule has 1 heteroatoms. The quantitative estimate of drug-likeness (QED) is 0.543. The molecule has 15 heavy (non-hydrogen) atoms. The molecular formula is C14H26O. The topological polar surface area (TPSA) is 17.1 Å².